The van der Waals surface area contributed by atoms with Crippen molar-refractivity contribution in [2.45, 2.75) is 5.03 Å². The molecule has 2 rings (SSSR count). The van der Waals surface area contributed by atoms with Crippen molar-refractivity contribution in [3.8, 4) is 0 Å². The van der Waals surface area contributed by atoms with Crippen molar-refractivity contribution in [1.82, 2.24) is 4.98 Å². The maximum Gasteiger partial charge on any atom is 0.255 e. The maximum atomic E-state index is 12.0. The van der Waals surface area contributed by atoms with E-state index in [4.69, 9.17) is 0 Å². The topological polar surface area (TPSA) is 76.1 Å². The molecule has 0 atom stereocenters. The predicted octanol–water partition coefficient (Wildman–Crippen LogP) is 2.50. The van der Waals surface area contributed by atoms with Crippen LogP contribution in [0, 0.1) is 0 Å². The second-order valence-corrected chi connectivity index (χ2v) is 7.00. The molecule has 0 aliphatic rings. The number of anilines is 1. The van der Waals surface area contributed by atoms with Gasteiger partial charge >= 0.3 is 0 Å². The van der Waals surface area contributed by atoms with Crippen molar-refractivity contribution in [2.24, 2.45) is 0 Å². The molecule has 1 aromatic heterocycles. The van der Waals surface area contributed by atoms with Gasteiger partial charge in [-0.2, -0.15) is 0 Å². The van der Waals surface area contributed by atoms with Crippen LogP contribution in [0.2, 0.25) is 0 Å². The van der Waals surface area contributed by atoms with E-state index in [2.05, 4.69) is 26.2 Å². The number of hydrogen-bond donors (Lipinski definition) is 1. The van der Waals surface area contributed by atoms with E-state index < -0.39 is 9.84 Å². The highest BCUT2D eigenvalue weighted by Gasteiger charge is 2.10. The largest absolute Gasteiger partial charge is 0.321 e. The van der Waals surface area contributed by atoms with E-state index in [1.165, 1.54) is 18.3 Å². The van der Waals surface area contributed by atoms with Crippen molar-refractivity contribution in [2.75, 3.05) is 11.6 Å². The molecule has 20 heavy (non-hydrogen) atoms. The molecular formula is C13H11BrN2O3S. The van der Waals surface area contributed by atoms with Crippen LogP contribution in [0.25, 0.3) is 0 Å². The Morgan fingerprint density at radius 1 is 1.25 bits per heavy atom. The Kier molecular flexibility index (Phi) is 4.20. The lowest BCUT2D eigenvalue weighted by Gasteiger charge is -2.05. The first-order chi connectivity index (χ1) is 9.36. The first kappa shape index (κ1) is 14.7. The van der Waals surface area contributed by atoms with Crippen molar-refractivity contribution in [1.29, 1.82) is 0 Å². The summed E-state index contributed by atoms with van der Waals surface area (Å²) in [6.45, 7) is 0. The molecule has 0 aliphatic carbocycles. The monoisotopic (exact) mass is 354 g/mol. The molecule has 1 amide bonds. The van der Waals surface area contributed by atoms with E-state index in [0.717, 1.165) is 10.7 Å². The SMILES string of the molecule is CS(=O)(=O)c1ccc(NC(=O)c2cccc(Br)c2)cn1. The number of pyridine rings is 1. The van der Waals surface area contributed by atoms with Gasteiger partial charge in [0, 0.05) is 16.3 Å². The van der Waals surface area contributed by atoms with Gasteiger partial charge in [-0.1, -0.05) is 22.0 Å². The van der Waals surface area contributed by atoms with E-state index in [0.29, 0.717) is 11.3 Å². The summed E-state index contributed by atoms with van der Waals surface area (Å²) in [4.78, 5) is 15.8. The Balaban J connectivity index is 2.16. The summed E-state index contributed by atoms with van der Waals surface area (Å²) in [7, 11) is -3.34. The molecule has 7 heteroatoms. The van der Waals surface area contributed by atoms with Gasteiger partial charge in [0.2, 0.25) is 0 Å². The number of benzene rings is 1. The minimum atomic E-state index is -3.34. The normalized spacial score (nSPS) is 11.1. The lowest BCUT2D eigenvalue weighted by Crippen LogP contribution is -2.12. The molecule has 2 aromatic rings. The quantitative estimate of drug-likeness (QED) is 0.918. The molecule has 104 valence electrons. The average Bonchev–Trinajstić information content (AvgIpc) is 2.38. The van der Waals surface area contributed by atoms with Crippen LogP contribution in [-0.4, -0.2) is 25.6 Å². The molecule has 0 bridgehead atoms. The minimum absolute atomic E-state index is 0.0297. The van der Waals surface area contributed by atoms with Gasteiger partial charge in [0.05, 0.1) is 11.9 Å². The van der Waals surface area contributed by atoms with Crippen molar-refractivity contribution in [3.63, 3.8) is 0 Å². The number of nitrogens with one attached hydrogen (secondary N) is 1. The average molecular weight is 355 g/mol. The maximum absolute atomic E-state index is 12.0. The lowest BCUT2D eigenvalue weighted by molar-refractivity contribution is 0.102. The van der Waals surface area contributed by atoms with Gasteiger partial charge in [0.1, 0.15) is 0 Å². The minimum Gasteiger partial charge on any atom is -0.321 e. The molecule has 1 N–H and O–H groups in total. The highest BCUT2D eigenvalue weighted by atomic mass is 79.9. The van der Waals surface area contributed by atoms with Crippen molar-refractivity contribution in [3.05, 3.63) is 52.6 Å². The molecule has 0 saturated carbocycles. The molecule has 1 heterocycles. The molecule has 0 saturated heterocycles. The van der Waals surface area contributed by atoms with Crippen molar-refractivity contribution < 1.29 is 13.2 Å². The van der Waals surface area contributed by atoms with Gasteiger partial charge in [-0.25, -0.2) is 13.4 Å². The summed E-state index contributed by atoms with van der Waals surface area (Å²) >= 11 is 3.29. The number of rotatable bonds is 3. The fourth-order valence-corrected chi connectivity index (χ4v) is 2.47. The van der Waals surface area contributed by atoms with Crippen LogP contribution in [0.5, 0.6) is 0 Å². The Bertz CT molecular complexity index is 742. The standard InChI is InChI=1S/C13H11BrN2O3S/c1-20(18,19)12-6-5-11(8-15-12)16-13(17)9-3-2-4-10(14)7-9/h2-8H,1H3,(H,16,17). The van der Waals surface area contributed by atoms with Crippen LogP contribution in [-0.2, 0) is 9.84 Å². The number of hydrogen-bond acceptors (Lipinski definition) is 4. The van der Waals surface area contributed by atoms with E-state index in [1.54, 1.807) is 18.2 Å². The highest BCUT2D eigenvalue weighted by Crippen LogP contribution is 2.14. The Morgan fingerprint density at radius 3 is 2.55 bits per heavy atom. The van der Waals surface area contributed by atoms with Gasteiger partial charge in [-0.15, -0.1) is 0 Å². The number of carbonyl (C=O) groups excluding carboxylic acids is 1. The van der Waals surface area contributed by atoms with Gasteiger partial charge in [-0.05, 0) is 30.3 Å². The van der Waals surface area contributed by atoms with Crippen LogP contribution in [0.4, 0.5) is 5.69 Å². The predicted molar refractivity (Wildman–Crippen MR) is 79.4 cm³/mol. The van der Waals surface area contributed by atoms with Gasteiger partial charge in [-0.3, -0.25) is 4.79 Å². The van der Waals surface area contributed by atoms with Crippen LogP contribution in [0.1, 0.15) is 10.4 Å². The number of sulfone groups is 1. The third-order valence-electron chi connectivity index (χ3n) is 2.46. The van der Waals surface area contributed by atoms with Crippen LogP contribution >= 0.6 is 15.9 Å². The fraction of sp³-hybridized carbons (Fsp3) is 0.0769. The van der Waals surface area contributed by atoms with Gasteiger partial charge < -0.3 is 5.32 Å². The summed E-state index contributed by atoms with van der Waals surface area (Å²) in [5.41, 5.74) is 0.925. The van der Waals surface area contributed by atoms with E-state index in [1.807, 2.05) is 6.07 Å². The van der Waals surface area contributed by atoms with Gasteiger partial charge in [0.15, 0.2) is 14.9 Å². The highest BCUT2D eigenvalue weighted by molar-refractivity contribution is 9.10. The summed E-state index contributed by atoms with van der Waals surface area (Å²) in [6, 6.07) is 9.79. The molecule has 0 radical (unpaired) electrons. The summed E-state index contributed by atoms with van der Waals surface area (Å²) in [5.74, 6) is -0.291. The van der Waals surface area contributed by atoms with E-state index >= 15 is 0 Å². The number of amides is 1. The van der Waals surface area contributed by atoms with Crippen LogP contribution in [0.3, 0.4) is 0 Å². The molecule has 0 spiro atoms. The zero-order valence-electron chi connectivity index (χ0n) is 10.5. The molecular weight excluding hydrogens is 344 g/mol. The van der Waals surface area contributed by atoms with Crippen LogP contribution in [0.15, 0.2) is 52.1 Å². The third-order valence-corrected chi connectivity index (χ3v) is 3.96. The number of nitrogens with zero attached hydrogens (tertiary/aromatic N) is 1. The lowest BCUT2D eigenvalue weighted by atomic mass is 10.2. The Labute approximate surface area is 125 Å². The smallest absolute Gasteiger partial charge is 0.255 e. The molecule has 5 nitrogen and oxygen atoms in total. The number of carbonyl (C=O) groups is 1. The molecule has 1 aromatic carbocycles. The fourth-order valence-electron chi connectivity index (χ4n) is 1.51. The second kappa shape index (κ2) is 5.72. The third kappa shape index (κ3) is 3.64. The number of aromatic nitrogens is 1. The first-order valence-corrected chi connectivity index (χ1v) is 8.28. The summed E-state index contributed by atoms with van der Waals surface area (Å²) in [6.07, 6.45) is 2.39. The Morgan fingerprint density at radius 2 is 2.00 bits per heavy atom. The van der Waals surface area contributed by atoms with Crippen LogP contribution < -0.4 is 5.32 Å². The first-order valence-electron chi connectivity index (χ1n) is 5.59. The van der Waals surface area contributed by atoms with E-state index in [9.17, 15) is 13.2 Å². The molecule has 0 aliphatic heterocycles. The van der Waals surface area contributed by atoms with E-state index in [-0.39, 0.29) is 10.9 Å². The summed E-state index contributed by atoms with van der Waals surface area (Å²) in [5, 5.41) is 2.62. The number of halogens is 1. The van der Waals surface area contributed by atoms with Gasteiger partial charge in [0.25, 0.3) is 5.91 Å². The second-order valence-electron chi connectivity index (χ2n) is 4.12. The molecule has 0 unspecified atom stereocenters. The molecule has 0 fully saturated rings. The zero-order chi connectivity index (χ0) is 14.8. The Hall–Kier alpha value is -1.73. The zero-order valence-corrected chi connectivity index (χ0v) is 12.9. The van der Waals surface area contributed by atoms with Crippen molar-refractivity contribution >= 4 is 37.4 Å². The summed E-state index contributed by atoms with van der Waals surface area (Å²) < 4.78 is 23.3.